The largest absolute Gasteiger partial charge is 0.479 e. The minimum atomic E-state index is -4.00. The Morgan fingerprint density at radius 2 is 1.74 bits per heavy atom. The Balaban J connectivity index is 4.92. The Morgan fingerprint density at radius 1 is 1.15 bits per heavy atom. The van der Waals surface area contributed by atoms with Crippen molar-refractivity contribution >= 4 is 28.0 Å². The van der Waals surface area contributed by atoms with Crippen molar-refractivity contribution in [2.75, 3.05) is 25.5 Å². The van der Waals surface area contributed by atoms with Gasteiger partial charge in [0.15, 0.2) is 0 Å². The molecular formula is C16H29NO9S. The van der Waals surface area contributed by atoms with Crippen LogP contribution in [0.1, 0.15) is 47.0 Å². The lowest BCUT2D eigenvalue weighted by Crippen LogP contribution is -2.57. The Bertz CT molecular complexity index is 630. The van der Waals surface area contributed by atoms with E-state index in [1.54, 1.807) is 6.92 Å². The van der Waals surface area contributed by atoms with Gasteiger partial charge in [-0.25, -0.2) is 4.79 Å². The predicted molar refractivity (Wildman–Crippen MR) is 95.3 cm³/mol. The van der Waals surface area contributed by atoms with E-state index in [0.717, 1.165) is 0 Å². The highest BCUT2D eigenvalue weighted by Crippen LogP contribution is 2.33. The quantitative estimate of drug-likeness (QED) is 0.216. The fourth-order valence-electron chi connectivity index (χ4n) is 1.94. The lowest BCUT2D eigenvalue weighted by Gasteiger charge is -2.38. The molecule has 0 fully saturated rings. The van der Waals surface area contributed by atoms with Crippen LogP contribution in [0.2, 0.25) is 0 Å². The molecule has 0 bridgehead atoms. The summed E-state index contributed by atoms with van der Waals surface area (Å²) in [5.41, 5.74) is -4.13. The molecule has 0 spiro atoms. The van der Waals surface area contributed by atoms with Gasteiger partial charge in [-0.2, -0.15) is 8.42 Å². The number of hydrogen-bond donors (Lipinski definition) is 3. The van der Waals surface area contributed by atoms with Crippen LogP contribution >= 0.6 is 0 Å². The second-order valence-electron chi connectivity index (χ2n) is 6.82. The van der Waals surface area contributed by atoms with Crippen LogP contribution in [0.4, 0.5) is 0 Å². The molecule has 1 atom stereocenters. The zero-order chi connectivity index (χ0) is 21.3. The van der Waals surface area contributed by atoms with Crippen molar-refractivity contribution in [1.82, 2.24) is 5.32 Å². The molecular weight excluding hydrogens is 382 g/mol. The minimum Gasteiger partial charge on any atom is -0.479 e. The Labute approximate surface area is 159 Å². The molecule has 158 valence electrons. The third-order valence-electron chi connectivity index (χ3n) is 3.91. The van der Waals surface area contributed by atoms with E-state index in [9.17, 15) is 33.0 Å². The Kier molecular flexibility index (Phi) is 9.90. The SMILES string of the molecule is CCCC(=O)OC[C@@](O)(C(=O)O)C(C)(C)COS(=O)(=O)CCCNC(C)=O. The third-order valence-corrected chi connectivity index (χ3v) is 5.18. The zero-order valence-corrected chi connectivity index (χ0v) is 16.9. The number of amides is 1. The minimum absolute atomic E-state index is 0.0648. The molecule has 0 aliphatic heterocycles. The molecule has 0 aliphatic rings. The van der Waals surface area contributed by atoms with Crippen molar-refractivity contribution < 1.29 is 41.9 Å². The summed E-state index contributed by atoms with van der Waals surface area (Å²) in [5.74, 6) is -3.01. The molecule has 0 aromatic rings. The molecule has 0 heterocycles. The van der Waals surface area contributed by atoms with Crippen molar-refractivity contribution in [2.45, 2.75) is 52.6 Å². The smallest absolute Gasteiger partial charge is 0.339 e. The monoisotopic (exact) mass is 411 g/mol. The van der Waals surface area contributed by atoms with Crippen molar-refractivity contribution in [2.24, 2.45) is 5.41 Å². The fourth-order valence-corrected chi connectivity index (χ4v) is 3.03. The molecule has 11 heteroatoms. The van der Waals surface area contributed by atoms with Gasteiger partial charge in [0, 0.05) is 25.3 Å². The topological polar surface area (TPSA) is 156 Å². The summed E-state index contributed by atoms with van der Waals surface area (Å²) < 4.78 is 33.5. The molecule has 0 saturated heterocycles. The molecule has 1 amide bonds. The van der Waals surface area contributed by atoms with E-state index in [1.807, 2.05) is 0 Å². The highest BCUT2D eigenvalue weighted by molar-refractivity contribution is 7.86. The van der Waals surface area contributed by atoms with Crippen LogP contribution in [0.3, 0.4) is 0 Å². The Morgan fingerprint density at radius 3 is 2.22 bits per heavy atom. The van der Waals surface area contributed by atoms with Gasteiger partial charge in [-0.15, -0.1) is 0 Å². The van der Waals surface area contributed by atoms with E-state index >= 15 is 0 Å². The summed E-state index contributed by atoms with van der Waals surface area (Å²) in [6.45, 7) is 4.30. The summed E-state index contributed by atoms with van der Waals surface area (Å²) in [4.78, 5) is 33.8. The van der Waals surface area contributed by atoms with Crippen LogP contribution < -0.4 is 5.32 Å². The van der Waals surface area contributed by atoms with E-state index in [2.05, 4.69) is 5.32 Å². The molecule has 0 aromatic carbocycles. The number of ether oxygens (including phenoxy) is 1. The maximum absolute atomic E-state index is 11.9. The average molecular weight is 411 g/mol. The van der Waals surface area contributed by atoms with Gasteiger partial charge < -0.3 is 20.3 Å². The molecule has 0 radical (unpaired) electrons. The highest BCUT2D eigenvalue weighted by atomic mass is 32.2. The van der Waals surface area contributed by atoms with Crippen LogP contribution in [0.5, 0.6) is 0 Å². The van der Waals surface area contributed by atoms with E-state index in [0.29, 0.717) is 6.42 Å². The second-order valence-corrected chi connectivity index (χ2v) is 8.58. The van der Waals surface area contributed by atoms with Gasteiger partial charge in [0.05, 0.1) is 12.4 Å². The molecule has 0 aromatic heterocycles. The van der Waals surface area contributed by atoms with Crippen LogP contribution in [0, 0.1) is 5.41 Å². The van der Waals surface area contributed by atoms with E-state index < -0.39 is 46.3 Å². The van der Waals surface area contributed by atoms with Gasteiger partial charge in [0.1, 0.15) is 6.61 Å². The average Bonchev–Trinajstić information content (AvgIpc) is 2.55. The van der Waals surface area contributed by atoms with E-state index in [4.69, 9.17) is 8.92 Å². The number of carbonyl (C=O) groups is 3. The van der Waals surface area contributed by atoms with Gasteiger partial charge in [0.25, 0.3) is 10.1 Å². The number of esters is 1. The number of carboxylic acid groups (broad SMARTS) is 1. The van der Waals surface area contributed by atoms with Crippen LogP contribution in [0.15, 0.2) is 0 Å². The summed E-state index contributed by atoms with van der Waals surface area (Å²) in [7, 11) is -4.00. The number of carbonyl (C=O) groups excluding carboxylic acids is 2. The molecule has 0 unspecified atom stereocenters. The van der Waals surface area contributed by atoms with Gasteiger partial charge in [0.2, 0.25) is 11.5 Å². The first-order valence-electron chi connectivity index (χ1n) is 8.50. The van der Waals surface area contributed by atoms with E-state index in [1.165, 1.54) is 20.8 Å². The van der Waals surface area contributed by atoms with Crippen molar-refractivity contribution in [1.29, 1.82) is 0 Å². The summed E-state index contributed by atoms with van der Waals surface area (Å²) >= 11 is 0. The predicted octanol–water partition coefficient (Wildman–Crippen LogP) is 0.0442. The fraction of sp³-hybridized carbons (Fsp3) is 0.812. The molecule has 0 aliphatic carbocycles. The Hall–Kier alpha value is -1.72. The van der Waals surface area contributed by atoms with Gasteiger partial charge >= 0.3 is 11.9 Å². The van der Waals surface area contributed by atoms with Gasteiger partial charge in [-0.1, -0.05) is 20.8 Å². The summed E-state index contributed by atoms with van der Waals surface area (Å²) in [6, 6.07) is 0. The van der Waals surface area contributed by atoms with Gasteiger partial charge in [-0.05, 0) is 12.8 Å². The highest BCUT2D eigenvalue weighted by Gasteiger charge is 2.52. The van der Waals surface area contributed by atoms with Crippen LogP contribution in [-0.2, 0) is 33.4 Å². The number of nitrogens with one attached hydrogen (secondary N) is 1. The summed E-state index contributed by atoms with van der Waals surface area (Å²) in [6.07, 6.45) is 0.670. The number of aliphatic hydroxyl groups is 1. The second kappa shape index (κ2) is 10.6. The zero-order valence-electron chi connectivity index (χ0n) is 16.1. The van der Waals surface area contributed by atoms with Gasteiger partial charge in [-0.3, -0.25) is 13.8 Å². The standard InChI is InChI=1S/C16H29NO9S/c1-5-7-13(19)25-11-16(22,14(20)21)15(3,4)10-26-27(23,24)9-6-8-17-12(2)18/h22H,5-11H2,1-4H3,(H,17,18)(H,20,21)/t16-/m1/s1. The first-order valence-corrected chi connectivity index (χ1v) is 10.1. The van der Waals surface area contributed by atoms with Crippen LogP contribution in [0.25, 0.3) is 0 Å². The molecule has 0 saturated carbocycles. The van der Waals surface area contributed by atoms with Crippen LogP contribution in [-0.4, -0.2) is 67.6 Å². The number of rotatable bonds is 13. The van der Waals surface area contributed by atoms with E-state index in [-0.39, 0.29) is 31.0 Å². The van der Waals surface area contributed by atoms with Crippen molar-refractivity contribution in [3.63, 3.8) is 0 Å². The number of aliphatic carboxylic acids is 1. The van der Waals surface area contributed by atoms with Crippen molar-refractivity contribution in [3.05, 3.63) is 0 Å². The maximum atomic E-state index is 11.9. The van der Waals surface area contributed by atoms with Crippen molar-refractivity contribution in [3.8, 4) is 0 Å². The normalized spacial score (nSPS) is 14.3. The third kappa shape index (κ3) is 8.67. The first kappa shape index (κ1) is 25.3. The lowest BCUT2D eigenvalue weighted by molar-refractivity contribution is -0.189. The molecule has 10 nitrogen and oxygen atoms in total. The first-order chi connectivity index (χ1) is 12.3. The molecule has 27 heavy (non-hydrogen) atoms. The molecule has 3 N–H and O–H groups in total. The summed E-state index contributed by atoms with van der Waals surface area (Å²) in [5, 5.41) is 22.3. The number of hydrogen-bond acceptors (Lipinski definition) is 8. The lowest BCUT2D eigenvalue weighted by atomic mass is 9.76. The number of carboxylic acids is 1. The maximum Gasteiger partial charge on any atom is 0.339 e. The molecule has 0 rings (SSSR count).